The quantitative estimate of drug-likeness (QED) is 0.593. The van der Waals surface area contributed by atoms with Gasteiger partial charge >= 0.3 is 0 Å². The first-order valence-electron chi connectivity index (χ1n) is 7.42. The zero-order valence-electron chi connectivity index (χ0n) is 13.2. The standard InChI is InChI=1S/C16H28N2O3/c1-19-12-9-18(10-13-20-2)8-3-11-21-16-6-4-15(14-17)5-7-16/h4-7H,3,8-14,17H2,1-2H3. The molecule has 5 heteroatoms. The minimum atomic E-state index is 0.564. The van der Waals surface area contributed by atoms with Crippen molar-refractivity contribution in [3.63, 3.8) is 0 Å². The van der Waals surface area contributed by atoms with Crippen LogP contribution in [0.3, 0.4) is 0 Å². The first-order chi connectivity index (χ1) is 10.3. The molecule has 0 saturated carbocycles. The minimum Gasteiger partial charge on any atom is -0.494 e. The van der Waals surface area contributed by atoms with Crippen LogP contribution in [-0.4, -0.2) is 58.6 Å². The Labute approximate surface area is 128 Å². The van der Waals surface area contributed by atoms with Gasteiger partial charge in [0.2, 0.25) is 0 Å². The zero-order valence-corrected chi connectivity index (χ0v) is 13.2. The van der Waals surface area contributed by atoms with Gasteiger partial charge in [-0.3, -0.25) is 4.90 Å². The summed E-state index contributed by atoms with van der Waals surface area (Å²) in [6.45, 7) is 5.58. The molecule has 0 atom stereocenters. The Morgan fingerprint density at radius 2 is 1.52 bits per heavy atom. The summed E-state index contributed by atoms with van der Waals surface area (Å²) in [5.41, 5.74) is 6.69. The predicted molar refractivity (Wildman–Crippen MR) is 84.6 cm³/mol. The molecule has 21 heavy (non-hydrogen) atoms. The fraction of sp³-hybridized carbons (Fsp3) is 0.625. The molecule has 0 fully saturated rings. The summed E-state index contributed by atoms with van der Waals surface area (Å²) in [4.78, 5) is 2.33. The normalized spacial score (nSPS) is 11.0. The number of methoxy groups -OCH3 is 2. The summed E-state index contributed by atoms with van der Waals surface area (Å²) in [5.74, 6) is 0.896. The van der Waals surface area contributed by atoms with E-state index in [0.717, 1.165) is 50.6 Å². The van der Waals surface area contributed by atoms with Gasteiger partial charge < -0.3 is 19.9 Å². The average Bonchev–Trinajstić information content (AvgIpc) is 2.53. The third kappa shape index (κ3) is 8.02. The van der Waals surface area contributed by atoms with Crippen molar-refractivity contribution in [3.05, 3.63) is 29.8 Å². The van der Waals surface area contributed by atoms with E-state index in [1.807, 2.05) is 24.3 Å². The van der Waals surface area contributed by atoms with E-state index in [1.54, 1.807) is 14.2 Å². The SMILES string of the molecule is COCCN(CCCOc1ccc(CN)cc1)CCOC. The molecular formula is C16H28N2O3. The van der Waals surface area contributed by atoms with Crippen molar-refractivity contribution >= 4 is 0 Å². The Morgan fingerprint density at radius 1 is 0.905 bits per heavy atom. The van der Waals surface area contributed by atoms with E-state index >= 15 is 0 Å². The van der Waals surface area contributed by atoms with Crippen molar-refractivity contribution in [2.45, 2.75) is 13.0 Å². The molecule has 0 saturated heterocycles. The summed E-state index contributed by atoms with van der Waals surface area (Å²) in [6.07, 6.45) is 0.978. The van der Waals surface area contributed by atoms with Crippen LogP contribution in [0.15, 0.2) is 24.3 Å². The van der Waals surface area contributed by atoms with Crippen molar-refractivity contribution in [3.8, 4) is 5.75 Å². The summed E-state index contributed by atoms with van der Waals surface area (Å²) < 4.78 is 16.0. The molecule has 1 rings (SSSR count). The molecule has 0 unspecified atom stereocenters. The number of nitrogens with zero attached hydrogens (tertiary/aromatic N) is 1. The molecular weight excluding hydrogens is 268 g/mol. The Hall–Kier alpha value is -1.14. The van der Waals surface area contributed by atoms with Crippen molar-refractivity contribution in [1.29, 1.82) is 0 Å². The molecule has 0 aromatic heterocycles. The maximum absolute atomic E-state index is 5.73. The minimum absolute atomic E-state index is 0.564. The second kappa shape index (κ2) is 11.5. The molecule has 0 aliphatic rings. The highest BCUT2D eigenvalue weighted by Crippen LogP contribution is 2.12. The maximum atomic E-state index is 5.73. The molecule has 120 valence electrons. The van der Waals surface area contributed by atoms with Crippen molar-refractivity contribution in [2.75, 3.05) is 53.7 Å². The van der Waals surface area contributed by atoms with Gasteiger partial charge in [0, 0.05) is 40.4 Å². The van der Waals surface area contributed by atoms with E-state index in [-0.39, 0.29) is 0 Å². The van der Waals surface area contributed by atoms with Gasteiger partial charge in [-0.05, 0) is 24.1 Å². The maximum Gasteiger partial charge on any atom is 0.119 e. The Kier molecular flexibility index (Phi) is 9.82. The lowest BCUT2D eigenvalue weighted by Crippen LogP contribution is -2.32. The van der Waals surface area contributed by atoms with E-state index < -0.39 is 0 Å². The molecule has 2 N–H and O–H groups in total. The molecule has 0 spiro atoms. The topological polar surface area (TPSA) is 57.0 Å². The van der Waals surface area contributed by atoms with Crippen LogP contribution in [0.5, 0.6) is 5.75 Å². The van der Waals surface area contributed by atoms with Crippen LogP contribution in [0.1, 0.15) is 12.0 Å². The third-order valence-electron chi connectivity index (χ3n) is 3.27. The number of rotatable bonds is 12. The van der Waals surface area contributed by atoms with Crippen molar-refractivity contribution in [2.24, 2.45) is 5.73 Å². The number of hydrogen-bond donors (Lipinski definition) is 1. The first kappa shape index (κ1) is 17.9. The molecule has 0 heterocycles. The van der Waals surface area contributed by atoms with E-state index in [2.05, 4.69) is 4.90 Å². The molecule has 5 nitrogen and oxygen atoms in total. The number of nitrogens with two attached hydrogens (primary N) is 1. The second-order valence-corrected chi connectivity index (χ2v) is 4.88. The molecule has 0 bridgehead atoms. The van der Waals surface area contributed by atoms with E-state index in [9.17, 15) is 0 Å². The monoisotopic (exact) mass is 296 g/mol. The first-order valence-corrected chi connectivity index (χ1v) is 7.42. The number of benzene rings is 1. The van der Waals surface area contributed by atoms with E-state index in [1.165, 1.54) is 0 Å². The Balaban J connectivity index is 2.22. The van der Waals surface area contributed by atoms with Crippen LogP contribution in [0, 0.1) is 0 Å². The zero-order chi connectivity index (χ0) is 15.3. The fourth-order valence-electron chi connectivity index (χ4n) is 1.98. The largest absolute Gasteiger partial charge is 0.494 e. The summed E-state index contributed by atoms with van der Waals surface area (Å²) in [6, 6.07) is 7.93. The van der Waals surface area contributed by atoms with Crippen LogP contribution in [0.25, 0.3) is 0 Å². The lowest BCUT2D eigenvalue weighted by atomic mass is 10.2. The molecule has 0 amide bonds. The molecule has 0 radical (unpaired) electrons. The van der Waals surface area contributed by atoms with E-state index in [4.69, 9.17) is 19.9 Å². The lowest BCUT2D eigenvalue weighted by molar-refractivity contribution is 0.110. The molecule has 1 aromatic rings. The highest BCUT2D eigenvalue weighted by Gasteiger charge is 2.04. The summed E-state index contributed by atoms with van der Waals surface area (Å²) in [5, 5.41) is 0. The second-order valence-electron chi connectivity index (χ2n) is 4.88. The predicted octanol–water partition coefficient (Wildman–Crippen LogP) is 1.51. The van der Waals surface area contributed by atoms with E-state index in [0.29, 0.717) is 13.2 Å². The highest BCUT2D eigenvalue weighted by molar-refractivity contribution is 5.26. The van der Waals surface area contributed by atoms with Gasteiger partial charge in [0.1, 0.15) is 5.75 Å². The number of ether oxygens (including phenoxy) is 3. The molecule has 0 aliphatic carbocycles. The molecule has 0 aliphatic heterocycles. The average molecular weight is 296 g/mol. The number of hydrogen-bond acceptors (Lipinski definition) is 5. The van der Waals surface area contributed by atoms with Gasteiger partial charge in [-0.15, -0.1) is 0 Å². The van der Waals surface area contributed by atoms with Crippen LogP contribution in [-0.2, 0) is 16.0 Å². The van der Waals surface area contributed by atoms with Crippen molar-refractivity contribution < 1.29 is 14.2 Å². The Morgan fingerprint density at radius 3 is 2.05 bits per heavy atom. The summed E-state index contributed by atoms with van der Waals surface area (Å²) in [7, 11) is 3.45. The van der Waals surface area contributed by atoms with Gasteiger partial charge in [-0.1, -0.05) is 12.1 Å². The van der Waals surface area contributed by atoms with Gasteiger partial charge in [0.05, 0.1) is 19.8 Å². The highest BCUT2D eigenvalue weighted by atomic mass is 16.5. The van der Waals surface area contributed by atoms with Gasteiger partial charge in [0.25, 0.3) is 0 Å². The van der Waals surface area contributed by atoms with Crippen LogP contribution >= 0.6 is 0 Å². The van der Waals surface area contributed by atoms with Crippen LogP contribution in [0.2, 0.25) is 0 Å². The van der Waals surface area contributed by atoms with Gasteiger partial charge in [-0.25, -0.2) is 0 Å². The Bertz CT molecular complexity index is 349. The smallest absolute Gasteiger partial charge is 0.119 e. The van der Waals surface area contributed by atoms with Crippen LogP contribution in [0.4, 0.5) is 0 Å². The van der Waals surface area contributed by atoms with Gasteiger partial charge in [0.15, 0.2) is 0 Å². The van der Waals surface area contributed by atoms with Crippen LogP contribution < -0.4 is 10.5 Å². The van der Waals surface area contributed by atoms with Gasteiger partial charge in [-0.2, -0.15) is 0 Å². The van der Waals surface area contributed by atoms with Crippen molar-refractivity contribution in [1.82, 2.24) is 4.90 Å². The summed E-state index contributed by atoms with van der Waals surface area (Å²) >= 11 is 0. The molecule has 1 aromatic carbocycles. The lowest BCUT2D eigenvalue weighted by Gasteiger charge is -2.21. The third-order valence-corrected chi connectivity index (χ3v) is 3.27. The fourth-order valence-corrected chi connectivity index (χ4v) is 1.98.